The summed E-state index contributed by atoms with van der Waals surface area (Å²) in [4.78, 5) is 43.7. The number of nitrogens with one attached hydrogen (secondary N) is 1. The molecule has 3 saturated heterocycles. The normalized spacial score (nSPS) is 27.2. The van der Waals surface area contributed by atoms with E-state index < -0.39 is 34.2 Å². The molecule has 0 radical (unpaired) electrons. The Hall–Kier alpha value is -2.02. The van der Waals surface area contributed by atoms with Crippen molar-refractivity contribution in [2.24, 2.45) is 0 Å². The van der Waals surface area contributed by atoms with Crippen molar-refractivity contribution in [3.63, 3.8) is 0 Å². The Labute approximate surface area is 212 Å². The van der Waals surface area contributed by atoms with E-state index in [0.29, 0.717) is 18.1 Å². The molecule has 34 heavy (non-hydrogen) atoms. The molecule has 3 heterocycles. The fourth-order valence-corrected chi connectivity index (χ4v) is 7.47. The molecule has 12 heteroatoms. The molecule has 0 saturated carbocycles. The number of nitrogens with zero attached hydrogens (tertiary/aromatic N) is 3. The third-order valence-electron chi connectivity index (χ3n) is 6.25. The van der Waals surface area contributed by atoms with E-state index in [0.717, 1.165) is 17.3 Å². The van der Waals surface area contributed by atoms with Crippen molar-refractivity contribution < 1.29 is 24.6 Å². The number of amides is 2. The quantitative estimate of drug-likeness (QED) is 0.362. The van der Waals surface area contributed by atoms with E-state index in [9.17, 15) is 24.6 Å². The Morgan fingerprint density at radius 2 is 1.97 bits per heavy atom. The molecule has 9 nitrogen and oxygen atoms in total. The van der Waals surface area contributed by atoms with Crippen LogP contribution in [0.5, 0.6) is 5.75 Å². The van der Waals surface area contributed by atoms with Crippen molar-refractivity contribution >= 4 is 57.8 Å². The van der Waals surface area contributed by atoms with Gasteiger partial charge in [-0.1, -0.05) is 43.0 Å². The third-order valence-corrected chi connectivity index (χ3v) is 9.40. The molecule has 0 aromatic heterocycles. The number of phenolic OH excluding ortho intramolecular Hbond substituents is 1. The number of thiocarbonyl (C=S) groups is 1. The van der Waals surface area contributed by atoms with E-state index in [1.807, 2.05) is 9.80 Å². The minimum atomic E-state index is -1.04. The summed E-state index contributed by atoms with van der Waals surface area (Å²) >= 11 is 8.36. The third kappa shape index (κ3) is 4.48. The topological polar surface area (TPSA) is 113 Å². The summed E-state index contributed by atoms with van der Waals surface area (Å²) in [6, 6.07) is 4.04. The van der Waals surface area contributed by atoms with Crippen LogP contribution in [0.25, 0.3) is 0 Å². The standard InChI is InChI=1S/C22H28N4O5S3/c1-4-9-24-10-25(11-33-21(24)32)15(12-5-7-13(27)8-6-12)17(28)23-14-18(29)26-16(20(30)31)22(2,3)34-19(14)26/h5-8,14-16,19,27H,4,9-11H2,1-3H3,(H,23,28)(H,30,31)/t14-,15-,16+,19+/m0/s1. The number of carbonyl (C=O) groups excluding carboxylic acids is 2. The van der Waals surface area contributed by atoms with E-state index >= 15 is 0 Å². The van der Waals surface area contributed by atoms with Crippen molar-refractivity contribution in [1.82, 2.24) is 20.0 Å². The average molecular weight is 525 g/mol. The molecule has 184 valence electrons. The van der Waals surface area contributed by atoms with Gasteiger partial charge in [0.2, 0.25) is 11.8 Å². The summed E-state index contributed by atoms with van der Waals surface area (Å²) in [7, 11) is 0. The van der Waals surface area contributed by atoms with E-state index in [4.69, 9.17) is 12.2 Å². The first-order chi connectivity index (χ1) is 16.0. The Kier molecular flexibility index (Phi) is 7.05. The van der Waals surface area contributed by atoms with Gasteiger partial charge in [0.05, 0.1) is 12.5 Å². The fourth-order valence-electron chi connectivity index (χ4n) is 4.70. The van der Waals surface area contributed by atoms with Gasteiger partial charge in [-0.15, -0.1) is 11.8 Å². The molecule has 4 atom stereocenters. The Morgan fingerprint density at radius 3 is 2.59 bits per heavy atom. The zero-order valence-corrected chi connectivity index (χ0v) is 21.6. The number of aliphatic carboxylic acids is 1. The maximum absolute atomic E-state index is 13.6. The van der Waals surface area contributed by atoms with Crippen molar-refractivity contribution in [3.05, 3.63) is 29.8 Å². The predicted octanol–water partition coefficient (Wildman–Crippen LogP) is 2.03. The van der Waals surface area contributed by atoms with Crippen molar-refractivity contribution in [1.29, 1.82) is 0 Å². The summed E-state index contributed by atoms with van der Waals surface area (Å²) in [5, 5.41) is 21.8. The van der Waals surface area contributed by atoms with Gasteiger partial charge < -0.3 is 25.3 Å². The second-order valence-corrected chi connectivity index (χ2v) is 12.5. The first kappa shape index (κ1) is 25.1. The lowest BCUT2D eigenvalue weighted by molar-refractivity contribution is -0.161. The fraction of sp³-hybridized carbons (Fsp3) is 0.545. The molecule has 0 bridgehead atoms. The second kappa shape index (κ2) is 9.56. The highest BCUT2D eigenvalue weighted by molar-refractivity contribution is 8.22. The number of carbonyl (C=O) groups is 3. The van der Waals surface area contributed by atoms with Gasteiger partial charge in [0, 0.05) is 11.3 Å². The highest BCUT2D eigenvalue weighted by Gasteiger charge is 2.64. The molecule has 1 aromatic rings. The number of rotatable bonds is 7. The van der Waals surface area contributed by atoms with E-state index in [1.54, 1.807) is 26.0 Å². The average Bonchev–Trinajstić information content (AvgIpc) is 3.04. The highest BCUT2D eigenvalue weighted by atomic mass is 32.2. The molecule has 0 spiro atoms. The van der Waals surface area contributed by atoms with Gasteiger partial charge in [-0.2, -0.15) is 0 Å². The lowest BCUT2D eigenvalue weighted by Crippen LogP contribution is -2.71. The summed E-state index contributed by atoms with van der Waals surface area (Å²) < 4.78 is 0.124. The van der Waals surface area contributed by atoms with Crippen molar-refractivity contribution in [2.75, 3.05) is 19.1 Å². The van der Waals surface area contributed by atoms with Crippen molar-refractivity contribution in [2.45, 2.75) is 55.4 Å². The molecule has 1 aromatic carbocycles. The van der Waals surface area contributed by atoms with Crippen LogP contribution in [0.3, 0.4) is 0 Å². The van der Waals surface area contributed by atoms with Gasteiger partial charge >= 0.3 is 5.97 Å². The number of fused-ring (bicyclic) bond motifs is 1. The van der Waals surface area contributed by atoms with Crippen molar-refractivity contribution in [3.8, 4) is 5.75 Å². The molecule has 0 unspecified atom stereocenters. The monoisotopic (exact) mass is 524 g/mol. The van der Waals surface area contributed by atoms with Crippen LogP contribution in [0.4, 0.5) is 0 Å². The number of carboxylic acids is 1. The van der Waals surface area contributed by atoms with Crippen LogP contribution in [-0.2, 0) is 14.4 Å². The minimum Gasteiger partial charge on any atom is -0.508 e. The molecule has 4 rings (SSSR count). The van der Waals surface area contributed by atoms with Gasteiger partial charge in [0.15, 0.2) is 0 Å². The van der Waals surface area contributed by atoms with Crippen LogP contribution in [0, 0.1) is 0 Å². The predicted molar refractivity (Wildman–Crippen MR) is 135 cm³/mol. The van der Waals surface area contributed by atoms with Crippen LogP contribution in [0.2, 0.25) is 0 Å². The van der Waals surface area contributed by atoms with Crippen LogP contribution in [-0.4, -0.2) is 88.3 Å². The van der Waals surface area contributed by atoms with E-state index in [2.05, 4.69) is 12.2 Å². The van der Waals surface area contributed by atoms with Gasteiger partial charge in [0.25, 0.3) is 0 Å². The maximum atomic E-state index is 13.6. The Bertz CT molecular complexity index is 1000. The van der Waals surface area contributed by atoms with Gasteiger partial charge in [0.1, 0.15) is 33.6 Å². The lowest BCUT2D eigenvalue weighted by atomic mass is 9.95. The van der Waals surface area contributed by atoms with E-state index in [-0.39, 0.29) is 17.6 Å². The van der Waals surface area contributed by atoms with E-state index in [1.165, 1.54) is 40.6 Å². The first-order valence-corrected chi connectivity index (χ1v) is 13.3. The Morgan fingerprint density at radius 1 is 1.29 bits per heavy atom. The summed E-state index contributed by atoms with van der Waals surface area (Å²) in [5.41, 5.74) is 0.687. The number of hydrogen-bond donors (Lipinski definition) is 3. The first-order valence-electron chi connectivity index (χ1n) is 11.0. The largest absolute Gasteiger partial charge is 0.508 e. The van der Waals surface area contributed by atoms with Gasteiger partial charge in [-0.3, -0.25) is 14.5 Å². The summed E-state index contributed by atoms with van der Waals surface area (Å²) in [6.45, 7) is 6.91. The molecular weight excluding hydrogens is 496 g/mol. The number of β-lactam (4-membered cyclic amide) rings is 1. The number of benzene rings is 1. The molecule has 3 aliphatic rings. The number of phenols is 1. The molecule has 3 fully saturated rings. The Balaban J connectivity index is 1.56. The SMILES string of the molecule is CCCN1CN([C@H](C(=O)N[C@H]2C(=O)N3[C@@H]2SC(C)(C)[C@H]3C(=O)O)c2ccc(O)cc2)CSC1=S. The summed E-state index contributed by atoms with van der Waals surface area (Å²) in [6.07, 6.45) is 0.913. The zero-order valence-electron chi connectivity index (χ0n) is 19.1. The van der Waals surface area contributed by atoms with Crippen LogP contribution >= 0.6 is 35.7 Å². The number of carboxylic acid groups (broad SMARTS) is 1. The van der Waals surface area contributed by atoms with Gasteiger partial charge in [-0.25, -0.2) is 4.79 Å². The molecule has 3 aliphatic heterocycles. The minimum absolute atomic E-state index is 0.0961. The lowest BCUT2D eigenvalue weighted by Gasteiger charge is -2.45. The highest BCUT2D eigenvalue weighted by Crippen LogP contribution is 2.50. The second-order valence-electron chi connectivity index (χ2n) is 9.11. The summed E-state index contributed by atoms with van der Waals surface area (Å²) in [5.74, 6) is -1.16. The van der Waals surface area contributed by atoms with Crippen LogP contribution < -0.4 is 5.32 Å². The number of thioether (sulfide) groups is 2. The van der Waals surface area contributed by atoms with Crippen LogP contribution in [0.1, 0.15) is 38.8 Å². The number of hydrogen-bond acceptors (Lipinski definition) is 8. The molecule has 2 amide bonds. The van der Waals surface area contributed by atoms with Gasteiger partial charge in [-0.05, 0) is 38.0 Å². The molecular formula is C22H28N4O5S3. The zero-order chi connectivity index (χ0) is 24.8. The molecule has 0 aliphatic carbocycles. The van der Waals surface area contributed by atoms with Crippen LogP contribution in [0.15, 0.2) is 24.3 Å². The maximum Gasteiger partial charge on any atom is 0.327 e. The smallest absolute Gasteiger partial charge is 0.327 e. The molecule has 3 N–H and O–H groups in total. The number of aromatic hydroxyl groups is 1.